The Kier molecular flexibility index (Phi) is 9.77. The summed E-state index contributed by atoms with van der Waals surface area (Å²) in [6.45, 7) is 7.75. The molecule has 0 atom stereocenters. The molecule has 1 N–H and O–H groups in total. The van der Waals surface area contributed by atoms with E-state index in [4.69, 9.17) is 14.5 Å². The number of aryl methyl sites for hydroxylation is 2. The summed E-state index contributed by atoms with van der Waals surface area (Å²) in [6.07, 6.45) is 9.52. The molecule has 0 radical (unpaired) electrons. The zero-order valence-corrected chi connectivity index (χ0v) is 20.3. The fourth-order valence-corrected chi connectivity index (χ4v) is 3.91. The van der Waals surface area contributed by atoms with Crippen LogP contribution in [0.2, 0.25) is 0 Å². The predicted octanol–water partition coefficient (Wildman–Crippen LogP) is 5.26. The number of ether oxygens (including phenoxy) is 2. The molecule has 6 nitrogen and oxygen atoms in total. The van der Waals surface area contributed by atoms with Crippen LogP contribution in [0.15, 0.2) is 67.3 Å². The monoisotopic (exact) mass is 461 g/mol. The van der Waals surface area contributed by atoms with Gasteiger partial charge in [-0.2, -0.15) is 0 Å². The van der Waals surface area contributed by atoms with Gasteiger partial charge in [-0.3, -0.25) is 4.79 Å². The van der Waals surface area contributed by atoms with Crippen LogP contribution < -0.4 is 14.8 Å². The van der Waals surface area contributed by atoms with E-state index in [0.29, 0.717) is 13.2 Å². The van der Waals surface area contributed by atoms with E-state index < -0.39 is 0 Å². The number of aromatic nitrogens is 2. The number of rotatable bonds is 14. The van der Waals surface area contributed by atoms with Crippen molar-refractivity contribution in [3.05, 3.63) is 78.7 Å². The van der Waals surface area contributed by atoms with E-state index in [1.165, 1.54) is 0 Å². The van der Waals surface area contributed by atoms with Gasteiger partial charge in [0.1, 0.15) is 5.82 Å². The molecule has 0 saturated carbocycles. The van der Waals surface area contributed by atoms with Crippen molar-refractivity contribution >= 4 is 16.9 Å². The molecule has 2 aromatic carbocycles. The number of allylic oxidation sites excluding steroid dienone is 2. The minimum absolute atomic E-state index is 0.0528. The molecule has 180 valence electrons. The van der Waals surface area contributed by atoms with Crippen LogP contribution in [0.4, 0.5) is 0 Å². The molecule has 34 heavy (non-hydrogen) atoms. The summed E-state index contributed by atoms with van der Waals surface area (Å²) in [5.74, 6) is 2.53. The number of nitrogens with zero attached hydrogens (tertiary/aromatic N) is 2. The maximum Gasteiger partial charge on any atom is 0.243 e. The van der Waals surface area contributed by atoms with E-state index in [0.717, 1.165) is 72.6 Å². The van der Waals surface area contributed by atoms with Crippen molar-refractivity contribution < 1.29 is 14.3 Å². The molecule has 0 aliphatic rings. The van der Waals surface area contributed by atoms with Crippen molar-refractivity contribution in [3.63, 3.8) is 0 Å². The van der Waals surface area contributed by atoms with E-state index in [1.807, 2.05) is 43.3 Å². The van der Waals surface area contributed by atoms with Crippen LogP contribution in [0.25, 0.3) is 11.0 Å². The molecule has 0 spiro atoms. The number of nitrogens with one attached hydrogen (secondary N) is 1. The lowest BCUT2D eigenvalue weighted by atomic mass is 10.1. The smallest absolute Gasteiger partial charge is 0.243 e. The molecule has 1 heterocycles. The van der Waals surface area contributed by atoms with Crippen LogP contribution in [-0.2, 0) is 24.2 Å². The maximum atomic E-state index is 11.6. The molecule has 6 heteroatoms. The Morgan fingerprint density at radius 2 is 2.00 bits per heavy atom. The van der Waals surface area contributed by atoms with Crippen molar-refractivity contribution in [2.45, 2.75) is 45.6 Å². The molecule has 0 saturated heterocycles. The normalized spacial score (nSPS) is 11.1. The average Bonchev–Trinajstić information content (AvgIpc) is 3.20. The summed E-state index contributed by atoms with van der Waals surface area (Å²) < 4.78 is 13.8. The number of methoxy groups -OCH3 is 1. The van der Waals surface area contributed by atoms with Gasteiger partial charge >= 0.3 is 0 Å². The molecule has 0 aliphatic carbocycles. The van der Waals surface area contributed by atoms with Gasteiger partial charge in [-0.25, -0.2) is 4.98 Å². The number of benzene rings is 2. The molecule has 3 rings (SSSR count). The number of para-hydroxylation sites is 2. The minimum atomic E-state index is -0.0528. The minimum Gasteiger partial charge on any atom is -0.493 e. The zero-order chi connectivity index (χ0) is 24.2. The Balaban J connectivity index is 1.54. The summed E-state index contributed by atoms with van der Waals surface area (Å²) in [5, 5.41) is 2.91. The first-order valence-corrected chi connectivity index (χ1v) is 11.9. The molecule has 0 aliphatic heterocycles. The third-order valence-electron chi connectivity index (χ3n) is 5.57. The van der Waals surface area contributed by atoms with Gasteiger partial charge in [0.15, 0.2) is 11.5 Å². The lowest BCUT2D eigenvalue weighted by Gasteiger charge is -2.13. The molecule has 0 bridgehead atoms. The highest BCUT2D eigenvalue weighted by Crippen LogP contribution is 2.28. The van der Waals surface area contributed by atoms with Crippen LogP contribution >= 0.6 is 0 Å². The van der Waals surface area contributed by atoms with Gasteiger partial charge in [-0.05, 0) is 68.5 Å². The molecular formula is C28H35N3O3. The van der Waals surface area contributed by atoms with Crippen LogP contribution in [0.5, 0.6) is 11.5 Å². The topological polar surface area (TPSA) is 65.4 Å². The van der Waals surface area contributed by atoms with E-state index in [-0.39, 0.29) is 5.91 Å². The molecule has 3 aromatic rings. The van der Waals surface area contributed by atoms with Crippen LogP contribution in [-0.4, -0.2) is 35.7 Å². The van der Waals surface area contributed by atoms with E-state index in [9.17, 15) is 4.79 Å². The summed E-state index contributed by atoms with van der Waals surface area (Å²) in [7, 11) is 1.66. The van der Waals surface area contributed by atoms with Gasteiger partial charge in [0.05, 0.1) is 24.8 Å². The molecular weight excluding hydrogens is 426 g/mol. The number of imidazole rings is 1. The highest BCUT2D eigenvalue weighted by atomic mass is 16.5. The lowest BCUT2D eigenvalue weighted by Crippen LogP contribution is -2.22. The zero-order valence-electron chi connectivity index (χ0n) is 20.3. The van der Waals surface area contributed by atoms with Crippen LogP contribution in [0.1, 0.15) is 37.6 Å². The number of carbonyl (C=O) groups is 1. The summed E-state index contributed by atoms with van der Waals surface area (Å²) in [4.78, 5) is 16.5. The Morgan fingerprint density at radius 1 is 1.15 bits per heavy atom. The Bertz CT molecular complexity index is 1120. The number of carbonyl (C=O) groups excluding carboxylic acids is 1. The second kappa shape index (κ2) is 13.2. The fourth-order valence-electron chi connectivity index (χ4n) is 3.91. The SMILES string of the molecule is C=CCc1ccc(OCCCCn2c(CCCNC(=O)/C=C\C)nc3ccccc32)c(OC)c1. The van der Waals surface area contributed by atoms with Crippen molar-refractivity contribution in [1.29, 1.82) is 0 Å². The fraction of sp³-hybridized carbons (Fsp3) is 0.357. The maximum absolute atomic E-state index is 11.6. The first-order valence-electron chi connectivity index (χ1n) is 11.9. The van der Waals surface area contributed by atoms with Crippen molar-refractivity contribution in [1.82, 2.24) is 14.9 Å². The van der Waals surface area contributed by atoms with Gasteiger partial charge in [0.2, 0.25) is 5.91 Å². The largest absolute Gasteiger partial charge is 0.493 e. The molecule has 1 aromatic heterocycles. The second-order valence-corrected chi connectivity index (χ2v) is 8.10. The second-order valence-electron chi connectivity index (χ2n) is 8.10. The summed E-state index contributed by atoms with van der Waals surface area (Å²) >= 11 is 0. The van der Waals surface area contributed by atoms with E-state index >= 15 is 0 Å². The third kappa shape index (κ3) is 6.98. The third-order valence-corrected chi connectivity index (χ3v) is 5.57. The number of hydrogen-bond donors (Lipinski definition) is 1. The highest BCUT2D eigenvalue weighted by Gasteiger charge is 2.11. The van der Waals surface area contributed by atoms with Crippen LogP contribution in [0.3, 0.4) is 0 Å². The summed E-state index contributed by atoms with van der Waals surface area (Å²) in [6, 6.07) is 14.2. The van der Waals surface area contributed by atoms with Gasteiger partial charge in [0, 0.05) is 19.5 Å². The number of amides is 1. The van der Waals surface area contributed by atoms with Crippen molar-refractivity contribution in [2.24, 2.45) is 0 Å². The van der Waals surface area contributed by atoms with Gasteiger partial charge in [-0.1, -0.05) is 30.4 Å². The Labute approximate surface area is 202 Å². The van der Waals surface area contributed by atoms with Gasteiger partial charge in [0.25, 0.3) is 0 Å². The van der Waals surface area contributed by atoms with E-state index in [2.05, 4.69) is 28.6 Å². The summed E-state index contributed by atoms with van der Waals surface area (Å²) in [5.41, 5.74) is 3.31. The van der Waals surface area contributed by atoms with Crippen molar-refractivity contribution in [3.8, 4) is 11.5 Å². The Hall–Kier alpha value is -3.54. The quantitative estimate of drug-likeness (QED) is 0.202. The number of fused-ring (bicyclic) bond motifs is 1. The van der Waals surface area contributed by atoms with E-state index in [1.54, 1.807) is 19.3 Å². The molecule has 0 unspecified atom stereocenters. The standard InChI is InChI=1S/C28H35N3O3/c1-4-11-22-16-17-25(26(21-22)33-3)34-20-9-8-19-31-24-14-7-6-13-23(24)30-27(31)15-10-18-29-28(32)12-5-2/h4-7,12-14,16-17,21H,1,8-11,15,18-20H2,2-3H3,(H,29,32)/b12-5-. The average molecular weight is 462 g/mol. The number of unbranched alkanes of at least 4 members (excludes halogenated alkanes) is 1. The van der Waals surface area contributed by atoms with Gasteiger partial charge in [-0.15, -0.1) is 6.58 Å². The van der Waals surface area contributed by atoms with Gasteiger partial charge < -0.3 is 19.4 Å². The predicted molar refractivity (Wildman–Crippen MR) is 138 cm³/mol. The molecule has 1 amide bonds. The first kappa shape index (κ1) is 25.1. The first-order chi connectivity index (χ1) is 16.7. The lowest BCUT2D eigenvalue weighted by molar-refractivity contribution is -0.116. The Morgan fingerprint density at radius 3 is 2.79 bits per heavy atom. The van der Waals surface area contributed by atoms with Crippen molar-refractivity contribution in [2.75, 3.05) is 20.3 Å². The number of hydrogen-bond acceptors (Lipinski definition) is 4. The highest BCUT2D eigenvalue weighted by molar-refractivity contribution is 5.87. The molecule has 0 fully saturated rings. The van der Waals surface area contributed by atoms with Crippen LogP contribution in [0, 0.1) is 0 Å².